The van der Waals surface area contributed by atoms with Gasteiger partial charge < -0.3 is 29.9 Å². The van der Waals surface area contributed by atoms with Crippen LogP contribution in [-0.4, -0.2) is 50.5 Å². The highest BCUT2D eigenvalue weighted by molar-refractivity contribution is 6.06. The van der Waals surface area contributed by atoms with Gasteiger partial charge in [0.25, 0.3) is 0 Å². The van der Waals surface area contributed by atoms with Gasteiger partial charge in [0.1, 0.15) is 34.8 Å². The van der Waals surface area contributed by atoms with Gasteiger partial charge in [-0.05, 0) is 5.57 Å². The highest BCUT2D eigenvalue weighted by Gasteiger charge is 2.46. The summed E-state index contributed by atoms with van der Waals surface area (Å²) in [6, 6.07) is 1.97. The van der Waals surface area contributed by atoms with Crippen LogP contribution < -0.4 is 4.74 Å². The van der Waals surface area contributed by atoms with Gasteiger partial charge in [0, 0.05) is 18.2 Å². The molecule has 0 bridgehead atoms. The Bertz CT molecular complexity index is 779. The Morgan fingerprint density at radius 1 is 1.17 bits per heavy atom. The Morgan fingerprint density at radius 2 is 1.88 bits per heavy atom. The number of esters is 1. The number of hydrogen-bond donors (Lipinski definition) is 4. The van der Waals surface area contributed by atoms with Crippen molar-refractivity contribution in [3.63, 3.8) is 0 Å². The van der Waals surface area contributed by atoms with Crippen molar-refractivity contribution < 1.29 is 44.3 Å². The molecule has 9 nitrogen and oxygen atoms in total. The Hall–Kier alpha value is -3.07. The zero-order valence-corrected chi connectivity index (χ0v) is 12.0. The molecule has 0 fully saturated rings. The fraction of sp³-hybridized carbons (Fsp3) is 0.267. The Kier molecular flexibility index (Phi) is 3.64. The lowest BCUT2D eigenvalue weighted by Crippen LogP contribution is -2.41. The Labute approximate surface area is 134 Å². The molecular formula is C15H12O9. The van der Waals surface area contributed by atoms with Crippen molar-refractivity contribution in [2.45, 2.75) is 18.8 Å². The molecule has 0 saturated heterocycles. The smallest absolute Gasteiger partial charge is 0.331 e. The van der Waals surface area contributed by atoms with Crippen LogP contribution in [0.25, 0.3) is 0 Å². The number of ketones is 1. The number of aromatic hydroxyl groups is 2. The van der Waals surface area contributed by atoms with Crippen molar-refractivity contribution in [2.75, 3.05) is 0 Å². The summed E-state index contributed by atoms with van der Waals surface area (Å²) in [5, 5.41) is 38.3. The van der Waals surface area contributed by atoms with Crippen LogP contribution in [0, 0.1) is 5.92 Å². The van der Waals surface area contributed by atoms with Crippen molar-refractivity contribution in [1.82, 2.24) is 0 Å². The third kappa shape index (κ3) is 2.54. The van der Waals surface area contributed by atoms with Gasteiger partial charge in [-0.15, -0.1) is 0 Å². The van der Waals surface area contributed by atoms with E-state index in [0.717, 1.165) is 18.2 Å². The number of carbonyl (C=O) groups is 3. The molecule has 3 rings (SSSR count). The molecule has 0 aliphatic carbocycles. The number of carbonyl (C=O) groups excluding carboxylic acids is 2. The number of carboxylic acid groups (broad SMARTS) is 1. The molecule has 1 aromatic carbocycles. The fourth-order valence-electron chi connectivity index (χ4n) is 2.81. The molecular weight excluding hydrogens is 324 g/mol. The van der Waals surface area contributed by atoms with Crippen LogP contribution >= 0.6 is 0 Å². The van der Waals surface area contributed by atoms with E-state index >= 15 is 0 Å². The van der Waals surface area contributed by atoms with Crippen LogP contribution in [0.1, 0.15) is 16.8 Å². The number of aliphatic hydroxyl groups is 1. The maximum absolute atomic E-state index is 12.6. The number of aliphatic hydroxyl groups excluding tert-OH is 1. The molecule has 4 N–H and O–H groups in total. The third-order valence-electron chi connectivity index (χ3n) is 3.76. The first-order valence-electron chi connectivity index (χ1n) is 6.86. The van der Waals surface area contributed by atoms with Gasteiger partial charge in [0.15, 0.2) is 5.78 Å². The van der Waals surface area contributed by atoms with Gasteiger partial charge >= 0.3 is 11.9 Å². The van der Waals surface area contributed by atoms with Crippen LogP contribution in [-0.2, 0) is 14.3 Å². The molecule has 0 amide bonds. The molecule has 24 heavy (non-hydrogen) atoms. The molecule has 3 unspecified atom stereocenters. The molecule has 0 spiro atoms. The maximum atomic E-state index is 12.6. The van der Waals surface area contributed by atoms with E-state index in [0.29, 0.717) is 0 Å². The lowest BCUT2D eigenvalue weighted by atomic mass is 9.84. The number of fused-ring (bicyclic) bond motifs is 1. The van der Waals surface area contributed by atoms with E-state index in [1.165, 1.54) is 0 Å². The van der Waals surface area contributed by atoms with Crippen molar-refractivity contribution in [2.24, 2.45) is 5.92 Å². The molecule has 2 heterocycles. The molecule has 1 aromatic rings. The van der Waals surface area contributed by atoms with E-state index in [4.69, 9.17) is 14.6 Å². The third-order valence-corrected chi connectivity index (χ3v) is 3.76. The summed E-state index contributed by atoms with van der Waals surface area (Å²) in [6.07, 6.45) is -2.60. The molecule has 3 atom stereocenters. The molecule has 0 aromatic heterocycles. The van der Waals surface area contributed by atoms with E-state index in [1.54, 1.807) is 0 Å². The van der Waals surface area contributed by atoms with Crippen molar-refractivity contribution in [3.05, 3.63) is 29.3 Å². The minimum absolute atomic E-state index is 0.0435. The number of aliphatic carboxylic acids is 1. The monoisotopic (exact) mass is 336 g/mol. The standard InChI is InChI=1S/C15H12O9/c16-5-1-7(17)13-9(2-5)24-15(22)12(14(13)21)6-3-11(20)23-8(6)4-10(18)19/h1-3,8,12,15-17,22H,4H2,(H,18,19). The molecule has 2 aliphatic heterocycles. The average molecular weight is 336 g/mol. The van der Waals surface area contributed by atoms with E-state index < -0.39 is 48.2 Å². The number of benzene rings is 1. The van der Waals surface area contributed by atoms with Gasteiger partial charge in [-0.1, -0.05) is 0 Å². The van der Waals surface area contributed by atoms with E-state index in [1.807, 2.05) is 0 Å². The second-order valence-corrected chi connectivity index (χ2v) is 5.36. The number of rotatable bonds is 3. The van der Waals surface area contributed by atoms with Crippen LogP contribution in [0.15, 0.2) is 23.8 Å². The quantitative estimate of drug-likeness (QED) is 0.556. The first kappa shape index (κ1) is 15.8. The van der Waals surface area contributed by atoms with Crippen LogP contribution in [0.2, 0.25) is 0 Å². The van der Waals surface area contributed by atoms with Crippen LogP contribution in [0.5, 0.6) is 17.2 Å². The van der Waals surface area contributed by atoms with Gasteiger partial charge in [0.2, 0.25) is 6.29 Å². The summed E-state index contributed by atoms with van der Waals surface area (Å²) in [7, 11) is 0. The highest BCUT2D eigenvalue weighted by atomic mass is 16.6. The zero-order valence-electron chi connectivity index (χ0n) is 12.0. The number of ether oxygens (including phenoxy) is 2. The van der Waals surface area contributed by atoms with E-state index in [9.17, 15) is 29.7 Å². The van der Waals surface area contributed by atoms with Crippen molar-refractivity contribution in [1.29, 1.82) is 0 Å². The van der Waals surface area contributed by atoms with E-state index in [-0.39, 0.29) is 22.6 Å². The zero-order chi connectivity index (χ0) is 17.6. The lowest BCUT2D eigenvalue weighted by Gasteiger charge is -2.31. The fourth-order valence-corrected chi connectivity index (χ4v) is 2.81. The lowest BCUT2D eigenvalue weighted by molar-refractivity contribution is -0.145. The van der Waals surface area contributed by atoms with Crippen molar-refractivity contribution >= 4 is 17.7 Å². The number of phenolic OH excluding ortho intramolecular Hbond substituents is 2. The van der Waals surface area contributed by atoms with Gasteiger partial charge in [-0.3, -0.25) is 9.59 Å². The first-order valence-corrected chi connectivity index (χ1v) is 6.86. The average Bonchev–Trinajstić information content (AvgIpc) is 2.77. The van der Waals surface area contributed by atoms with Gasteiger partial charge in [0.05, 0.1) is 6.42 Å². The topological polar surface area (TPSA) is 151 Å². The SMILES string of the molecule is O=C(O)CC1OC(=O)C=C1C1C(=O)c2c(O)cc(O)cc2OC1O. The van der Waals surface area contributed by atoms with Crippen LogP contribution in [0.3, 0.4) is 0 Å². The van der Waals surface area contributed by atoms with Crippen LogP contribution in [0.4, 0.5) is 0 Å². The van der Waals surface area contributed by atoms with Gasteiger partial charge in [-0.2, -0.15) is 0 Å². The van der Waals surface area contributed by atoms with E-state index in [2.05, 4.69) is 0 Å². The largest absolute Gasteiger partial charge is 0.508 e. The summed E-state index contributed by atoms with van der Waals surface area (Å²) < 4.78 is 9.98. The predicted octanol–water partition coefficient (Wildman–Crippen LogP) is -0.0660. The first-order chi connectivity index (χ1) is 11.3. The number of hydrogen-bond acceptors (Lipinski definition) is 8. The predicted molar refractivity (Wildman–Crippen MR) is 74.4 cm³/mol. The summed E-state index contributed by atoms with van der Waals surface area (Å²) in [6.45, 7) is 0. The van der Waals surface area contributed by atoms with Gasteiger partial charge in [-0.25, -0.2) is 4.79 Å². The number of carboxylic acids is 1. The summed E-state index contributed by atoms with van der Waals surface area (Å²) >= 11 is 0. The number of Topliss-reactive ketones (excluding diaryl/α,β-unsaturated/α-hetero) is 1. The minimum atomic E-state index is -1.73. The van der Waals surface area contributed by atoms with Crippen molar-refractivity contribution in [3.8, 4) is 17.2 Å². The highest BCUT2D eigenvalue weighted by Crippen LogP contribution is 2.42. The second kappa shape index (κ2) is 5.53. The molecule has 0 radical (unpaired) electrons. The minimum Gasteiger partial charge on any atom is -0.508 e. The molecule has 2 aliphatic rings. The number of phenols is 2. The molecule has 0 saturated carbocycles. The molecule has 9 heteroatoms. The normalized spacial score (nSPS) is 25.5. The molecule has 126 valence electrons. The summed E-state index contributed by atoms with van der Waals surface area (Å²) in [5.41, 5.74) is -0.324. The Morgan fingerprint density at radius 3 is 2.54 bits per heavy atom. The Balaban J connectivity index is 2.02. The summed E-state index contributed by atoms with van der Waals surface area (Å²) in [4.78, 5) is 35.0. The maximum Gasteiger partial charge on any atom is 0.331 e. The number of cyclic esters (lactones) is 1. The second-order valence-electron chi connectivity index (χ2n) is 5.36. The summed E-state index contributed by atoms with van der Waals surface area (Å²) in [5.74, 6) is -5.43.